The first-order valence-corrected chi connectivity index (χ1v) is 6.98. The monoisotopic (exact) mass is 286 g/mol. The maximum Gasteiger partial charge on any atom is 0.174 e. The van der Waals surface area contributed by atoms with E-state index in [4.69, 9.17) is 11.6 Å². The largest absolute Gasteiger partial charge is 0.389 e. The summed E-state index contributed by atoms with van der Waals surface area (Å²) in [4.78, 5) is 5.19. The highest BCUT2D eigenvalue weighted by Gasteiger charge is 2.09. The molecule has 2 aromatic rings. The SMILES string of the molecule is Cc1nsc(Sc2ccc([C@H](C)O)cc2Cl)n1. The quantitative estimate of drug-likeness (QED) is 0.934. The van der Waals surface area contributed by atoms with Crippen molar-refractivity contribution in [2.75, 3.05) is 0 Å². The minimum Gasteiger partial charge on any atom is -0.389 e. The number of hydrogen-bond acceptors (Lipinski definition) is 5. The van der Waals surface area contributed by atoms with Crippen LogP contribution >= 0.6 is 34.9 Å². The number of aliphatic hydroxyl groups excluding tert-OH is 1. The second-order valence-corrected chi connectivity index (χ2v) is 6.02. The number of benzene rings is 1. The van der Waals surface area contributed by atoms with Crippen LogP contribution in [0.5, 0.6) is 0 Å². The Morgan fingerprint density at radius 2 is 2.24 bits per heavy atom. The van der Waals surface area contributed by atoms with E-state index in [1.807, 2.05) is 19.1 Å². The third kappa shape index (κ3) is 3.19. The molecule has 0 fully saturated rings. The molecule has 1 heterocycles. The van der Waals surface area contributed by atoms with E-state index in [1.54, 1.807) is 13.0 Å². The zero-order valence-corrected chi connectivity index (χ0v) is 11.7. The summed E-state index contributed by atoms with van der Waals surface area (Å²) >= 11 is 9.00. The van der Waals surface area contributed by atoms with Gasteiger partial charge in [0.25, 0.3) is 0 Å². The van der Waals surface area contributed by atoms with Gasteiger partial charge in [0.05, 0.1) is 11.1 Å². The highest BCUT2D eigenvalue weighted by atomic mass is 35.5. The van der Waals surface area contributed by atoms with Crippen molar-refractivity contribution in [1.29, 1.82) is 0 Å². The average Bonchev–Trinajstić information content (AvgIpc) is 2.67. The van der Waals surface area contributed by atoms with Crippen LogP contribution < -0.4 is 0 Å². The summed E-state index contributed by atoms with van der Waals surface area (Å²) < 4.78 is 4.98. The molecule has 0 saturated carbocycles. The van der Waals surface area contributed by atoms with E-state index in [-0.39, 0.29) is 0 Å². The van der Waals surface area contributed by atoms with Crippen molar-refractivity contribution in [2.24, 2.45) is 0 Å². The minimum atomic E-state index is -0.504. The van der Waals surface area contributed by atoms with Crippen molar-refractivity contribution >= 4 is 34.9 Å². The van der Waals surface area contributed by atoms with Gasteiger partial charge in [0.1, 0.15) is 5.82 Å². The molecule has 0 unspecified atom stereocenters. The van der Waals surface area contributed by atoms with Crippen LogP contribution in [0.15, 0.2) is 27.4 Å². The molecular weight excluding hydrogens is 276 g/mol. The molecule has 0 aliphatic rings. The Hall–Kier alpha value is -0.620. The summed E-state index contributed by atoms with van der Waals surface area (Å²) in [5.74, 6) is 0.772. The first-order chi connectivity index (χ1) is 8.06. The zero-order valence-electron chi connectivity index (χ0n) is 9.35. The molecule has 0 spiro atoms. The molecule has 0 bridgehead atoms. The lowest BCUT2D eigenvalue weighted by molar-refractivity contribution is 0.199. The van der Waals surface area contributed by atoms with Crippen LogP contribution in [0.2, 0.25) is 5.02 Å². The average molecular weight is 287 g/mol. The van der Waals surface area contributed by atoms with Crippen molar-refractivity contribution < 1.29 is 5.11 Å². The highest BCUT2D eigenvalue weighted by molar-refractivity contribution is 8.01. The molecule has 1 atom stereocenters. The van der Waals surface area contributed by atoms with Gasteiger partial charge in [-0.25, -0.2) is 4.98 Å². The lowest BCUT2D eigenvalue weighted by atomic mass is 10.1. The summed E-state index contributed by atoms with van der Waals surface area (Å²) in [6.07, 6.45) is -0.504. The van der Waals surface area contributed by atoms with Crippen molar-refractivity contribution in [3.05, 3.63) is 34.6 Å². The van der Waals surface area contributed by atoms with Crippen LogP contribution in [0.1, 0.15) is 24.4 Å². The predicted octanol–water partition coefficient (Wildman–Crippen LogP) is 3.70. The molecule has 0 aliphatic carbocycles. The second kappa shape index (κ2) is 5.35. The van der Waals surface area contributed by atoms with E-state index in [2.05, 4.69) is 9.36 Å². The second-order valence-electron chi connectivity index (χ2n) is 3.58. The van der Waals surface area contributed by atoms with Crippen LogP contribution in [-0.2, 0) is 0 Å². The summed E-state index contributed by atoms with van der Waals surface area (Å²) in [7, 11) is 0. The maximum atomic E-state index is 9.45. The molecule has 1 N–H and O–H groups in total. The van der Waals surface area contributed by atoms with Crippen LogP contribution in [-0.4, -0.2) is 14.5 Å². The predicted molar refractivity (Wildman–Crippen MR) is 70.9 cm³/mol. The van der Waals surface area contributed by atoms with E-state index in [0.717, 1.165) is 20.6 Å². The van der Waals surface area contributed by atoms with E-state index in [1.165, 1.54) is 23.3 Å². The molecule has 0 radical (unpaired) electrons. The fourth-order valence-corrected chi connectivity index (χ4v) is 3.19. The van der Waals surface area contributed by atoms with E-state index in [9.17, 15) is 5.11 Å². The Morgan fingerprint density at radius 1 is 1.47 bits per heavy atom. The lowest BCUT2D eigenvalue weighted by Crippen LogP contribution is -1.90. The molecule has 1 aromatic heterocycles. The number of hydrogen-bond donors (Lipinski definition) is 1. The Labute approximate surface area is 113 Å². The number of aliphatic hydroxyl groups is 1. The lowest BCUT2D eigenvalue weighted by Gasteiger charge is -2.07. The number of halogens is 1. The van der Waals surface area contributed by atoms with Crippen molar-refractivity contribution in [2.45, 2.75) is 29.2 Å². The number of rotatable bonds is 3. The molecule has 0 saturated heterocycles. The van der Waals surface area contributed by atoms with Gasteiger partial charge in [-0.1, -0.05) is 29.4 Å². The first-order valence-electron chi connectivity index (χ1n) is 5.02. The Bertz CT molecular complexity index is 528. The maximum absolute atomic E-state index is 9.45. The molecular formula is C11H11ClN2OS2. The third-order valence-corrected chi connectivity index (χ3v) is 4.49. The Kier molecular flexibility index (Phi) is 4.04. The molecule has 1 aromatic carbocycles. The number of aromatic nitrogens is 2. The van der Waals surface area contributed by atoms with Gasteiger partial charge in [-0.2, -0.15) is 4.37 Å². The summed E-state index contributed by atoms with van der Waals surface area (Å²) in [5, 5.41) is 10.1. The Balaban J connectivity index is 2.22. The van der Waals surface area contributed by atoms with Gasteiger partial charge in [0, 0.05) is 4.90 Å². The minimum absolute atomic E-state index is 0.504. The van der Waals surface area contributed by atoms with E-state index < -0.39 is 6.10 Å². The van der Waals surface area contributed by atoms with Gasteiger partial charge < -0.3 is 5.11 Å². The molecule has 90 valence electrons. The molecule has 6 heteroatoms. The van der Waals surface area contributed by atoms with Gasteiger partial charge in [-0.15, -0.1) is 0 Å². The molecule has 3 nitrogen and oxygen atoms in total. The molecule has 17 heavy (non-hydrogen) atoms. The van der Waals surface area contributed by atoms with Gasteiger partial charge in [-0.05, 0) is 43.1 Å². The molecule has 2 rings (SSSR count). The fraction of sp³-hybridized carbons (Fsp3) is 0.273. The number of nitrogens with zero attached hydrogens (tertiary/aromatic N) is 2. The molecule has 0 aliphatic heterocycles. The third-order valence-electron chi connectivity index (χ3n) is 2.14. The normalized spacial score (nSPS) is 12.7. The standard InChI is InChI=1S/C11H11ClN2OS2/c1-6(15)8-3-4-10(9(12)5-8)16-11-13-7(2)14-17-11/h3-6,15H,1-2H3/t6-/m0/s1. The van der Waals surface area contributed by atoms with Crippen LogP contribution in [0.4, 0.5) is 0 Å². The van der Waals surface area contributed by atoms with Gasteiger partial charge >= 0.3 is 0 Å². The summed E-state index contributed by atoms with van der Waals surface area (Å²) in [6, 6.07) is 5.54. The molecule has 0 amide bonds. The Morgan fingerprint density at radius 3 is 2.76 bits per heavy atom. The van der Waals surface area contributed by atoms with E-state index in [0.29, 0.717) is 5.02 Å². The van der Waals surface area contributed by atoms with Crippen LogP contribution in [0, 0.1) is 6.92 Å². The smallest absolute Gasteiger partial charge is 0.174 e. The zero-order chi connectivity index (χ0) is 12.4. The summed E-state index contributed by atoms with van der Waals surface area (Å²) in [6.45, 7) is 3.57. The first kappa shape index (κ1) is 12.8. The van der Waals surface area contributed by atoms with Gasteiger partial charge in [0.15, 0.2) is 4.34 Å². The van der Waals surface area contributed by atoms with Gasteiger partial charge in [-0.3, -0.25) is 0 Å². The van der Waals surface area contributed by atoms with Crippen LogP contribution in [0.25, 0.3) is 0 Å². The van der Waals surface area contributed by atoms with Crippen LogP contribution in [0.3, 0.4) is 0 Å². The van der Waals surface area contributed by atoms with E-state index >= 15 is 0 Å². The summed E-state index contributed by atoms with van der Waals surface area (Å²) in [5.41, 5.74) is 0.813. The van der Waals surface area contributed by atoms with Gasteiger partial charge in [0.2, 0.25) is 0 Å². The highest BCUT2D eigenvalue weighted by Crippen LogP contribution is 2.35. The van der Waals surface area contributed by atoms with Crippen molar-refractivity contribution in [1.82, 2.24) is 9.36 Å². The topological polar surface area (TPSA) is 46.0 Å². The van der Waals surface area contributed by atoms with Crippen molar-refractivity contribution in [3.63, 3.8) is 0 Å². The fourth-order valence-electron chi connectivity index (χ4n) is 1.27. The number of aryl methyl sites for hydroxylation is 1. The van der Waals surface area contributed by atoms with Crippen molar-refractivity contribution in [3.8, 4) is 0 Å².